The largest absolute Gasteiger partial charge is 0.336 e. The molecule has 0 radical (unpaired) electrons. The van der Waals surface area contributed by atoms with Crippen LogP contribution >= 0.6 is 0 Å². The van der Waals surface area contributed by atoms with E-state index in [1.807, 2.05) is 54.6 Å². The highest BCUT2D eigenvalue weighted by Crippen LogP contribution is 2.28. The molecule has 0 aromatic heterocycles. The van der Waals surface area contributed by atoms with Crippen LogP contribution in [0.2, 0.25) is 0 Å². The number of sulfonamides is 1. The molecule has 148 valence electrons. The van der Waals surface area contributed by atoms with Crippen LogP contribution in [-0.4, -0.2) is 55.0 Å². The highest BCUT2D eigenvalue weighted by atomic mass is 32.2. The predicted molar refractivity (Wildman–Crippen MR) is 111 cm³/mol. The second kappa shape index (κ2) is 8.05. The minimum Gasteiger partial charge on any atom is -0.336 e. The first-order chi connectivity index (χ1) is 13.6. The number of nitrogens with zero attached hydrogens (tertiary/aromatic N) is 2. The van der Waals surface area contributed by atoms with Crippen LogP contribution in [0.4, 0.5) is 0 Å². The molecule has 1 saturated heterocycles. The summed E-state index contributed by atoms with van der Waals surface area (Å²) in [5, 5.41) is -0.222. The number of piperazine rings is 1. The molecular formula is C22H26N2O3S. The predicted octanol–water partition coefficient (Wildman–Crippen LogP) is 3.38. The lowest BCUT2D eigenvalue weighted by atomic mass is 10.0. The van der Waals surface area contributed by atoms with Gasteiger partial charge >= 0.3 is 0 Å². The summed E-state index contributed by atoms with van der Waals surface area (Å²) < 4.78 is 27.0. The van der Waals surface area contributed by atoms with Crippen LogP contribution < -0.4 is 0 Å². The minimum absolute atomic E-state index is 0.0301. The molecule has 0 N–H and O–H groups in total. The Morgan fingerprint density at radius 2 is 1.36 bits per heavy atom. The van der Waals surface area contributed by atoms with Gasteiger partial charge in [-0.25, -0.2) is 8.42 Å². The summed E-state index contributed by atoms with van der Waals surface area (Å²) in [4.78, 5) is 14.6. The second-order valence-corrected chi connectivity index (χ2v) is 9.80. The van der Waals surface area contributed by atoms with Crippen molar-refractivity contribution in [1.82, 2.24) is 9.21 Å². The topological polar surface area (TPSA) is 57.7 Å². The van der Waals surface area contributed by atoms with Crippen molar-refractivity contribution in [3.05, 3.63) is 60.2 Å². The van der Waals surface area contributed by atoms with Crippen molar-refractivity contribution in [1.29, 1.82) is 0 Å². The fourth-order valence-electron chi connectivity index (χ4n) is 4.16. The number of hydrogen-bond donors (Lipinski definition) is 0. The summed E-state index contributed by atoms with van der Waals surface area (Å²) in [7, 11) is -3.22. The Labute approximate surface area is 167 Å². The average Bonchev–Trinajstić information content (AvgIpc) is 3.30. The van der Waals surface area contributed by atoms with Crippen LogP contribution in [0.3, 0.4) is 0 Å². The number of carbonyl (C=O) groups excluding carboxylic acids is 1. The first-order valence-corrected chi connectivity index (χ1v) is 11.5. The maximum absolute atomic E-state index is 12.8. The molecule has 0 bridgehead atoms. The van der Waals surface area contributed by atoms with Crippen molar-refractivity contribution in [2.45, 2.75) is 30.9 Å². The van der Waals surface area contributed by atoms with Gasteiger partial charge in [-0.3, -0.25) is 4.79 Å². The molecule has 2 fully saturated rings. The number of amides is 1. The minimum atomic E-state index is -3.22. The zero-order chi connectivity index (χ0) is 19.6. The third kappa shape index (κ3) is 3.84. The van der Waals surface area contributed by atoms with Crippen LogP contribution in [0, 0.1) is 0 Å². The summed E-state index contributed by atoms with van der Waals surface area (Å²) in [6.45, 7) is 1.69. The molecule has 28 heavy (non-hydrogen) atoms. The van der Waals surface area contributed by atoms with E-state index in [-0.39, 0.29) is 11.2 Å². The van der Waals surface area contributed by atoms with Gasteiger partial charge < -0.3 is 4.90 Å². The fourth-order valence-corrected chi connectivity index (χ4v) is 6.18. The fraction of sp³-hybridized carbons (Fsp3) is 0.409. The summed E-state index contributed by atoms with van der Waals surface area (Å²) in [6.07, 6.45) is 3.55. The third-order valence-electron chi connectivity index (χ3n) is 5.85. The number of carbonyl (C=O) groups is 1. The molecule has 0 atom stereocenters. The Morgan fingerprint density at radius 1 is 0.786 bits per heavy atom. The van der Waals surface area contributed by atoms with Crippen LogP contribution in [0.15, 0.2) is 54.6 Å². The van der Waals surface area contributed by atoms with Gasteiger partial charge in [0.1, 0.15) is 0 Å². The second-order valence-electron chi connectivity index (χ2n) is 7.59. The molecule has 2 aromatic carbocycles. The van der Waals surface area contributed by atoms with Crippen molar-refractivity contribution in [2.75, 3.05) is 26.2 Å². The zero-order valence-corrected chi connectivity index (χ0v) is 16.8. The van der Waals surface area contributed by atoms with E-state index >= 15 is 0 Å². The molecule has 0 spiro atoms. The molecule has 6 heteroatoms. The molecule has 1 amide bonds. The van der Waals surface area contributed by atoms with Gasteiger partial charge in [-0.2, -0.15) is 4.31 Å². The van der Waals surface area contributed by atoms with E-state index in [0.717, 1.165) is 36.8 Å². The van der Waals surface area contributed by atoms with E-state index in [1.54, 1.807) is 9.21 Å². The smallest absolute Gasteiger partial charge is 0.253 e. The van der Waals surface area contributed by atoms with E-state index in [0.29, 0.717) is 31.7 Å². The lowest BCUT2D eigenvalue weighted by Crippen LogP contribution is -2.52. The Bertz CT molecular complexity index is 912. The zero-order valence-electron chi connectivity index (χ0n) is 16.0. The number of benzene rings is 2. The van der Waals surface area contributed by atoms with Crippen LogP contribution in [0.1, 0.15) is 36.0 Å². The van der Waals surface area contributed by atoms with Crippen LogP contribution in [-0.2, 0) is 10.0 Å². The van der Waals surface area contributed by atoms with Crippen LogP contribution in [0.25, 0.3) is 11.1 Å². The van der Waals surface area contributed by atoms with E-state index in [1.165, 1.54) is 0 Å². The Kier molecular flexibility index (Phi) is 5.51. The van der Waals surface area contributed by atoms with Gasteiger partial charge in [0.25, 0.3) is 5.91 Å². The monoisotopic (exact) mass is 398 g/mol. The van der Waals surface area contributed by atoms with E-state index in [9.17, 15) is 13.2 Å². The van der Waals surface area contributed by atoms with Crippen molar-refractivity contribution in [2.24, 2.45) is 0 Å². The first-order valence-electron chi connectivity index (χ1n) is 9.99. The normalized spacial score (nSPS) is 19.1. The SMILES string of the molecule is O=C(c1ccc(-c2ccccc2)cc1)N1CCN(S(=O)(=O)C2CCCC2)CC1. The molecule has 0 unspecified atom stereocenters. The maximum atomic E-state index is 12.8. The van der Waals surface area contributed by atoms with Crippen LogP contribution in [0.5, 0.6) is 0 Å². The standard InChI is InChI=1S/C22H26N2O3S/c25-22(20-12-10-19(11-13-20)18-6-2-1-3-7-18)23-14-16-24(17-15-23)28(26,27)21-8-4-5-9-21/h1-3,6-7,10-13,21H,4-5,8-9,14-17H2. The van der Waals surface area contributed by atoms with Gasteiger partial charge in [-0.1, -0.05) is 55.3 Å². The lowest BCUT2D eigenvalue weighted by molar-refractivity contribution is 0.0697. The molecule has 1 saturated carbocycles. The Balaban J connectivity index is 1.39. The van der Waals surface area contributed by atoms with Crippen molar-refractivity contribution >= 4 is 15.9 Å². The molecular weight excluding hydrogens is 372 g/mol. The van der Waals surface area contributed by atoms with Gasteiger partial charge in [0, 0.05) is 31.7 Å². The van der Waals surface area contributed by atoms with E-state index < -0.39 is 10.0 Å². The third-order valence-corrected chi connectivity index (χ3v) is 8.25. The number of hydrogen-bond acceptors (Lipinski definition) is 3. The quantitative estimate of drug-likeness (QED) is 0.793. The average molecular weight is 399 g/mol. The summed E-state index contributed by atoms with van der Waals surface area (Å²) in [5.41, 5.74) is 2.84. The van der Waals surface area contributed by atoms with Crippen molar-refractivity contribution < 1.29 is 13.2 Å². The van der Waals surface area contributed by atoms with Gasteiger partial charge in [0.15, 0.2) is 0 Å². The lowest BCUT2D eigenvalue weighted by Gasteiger charge is -2.35. The highest BCUT2D eigenvalue weighted by Gasteiger charge is 2.36. The molecule has 5 nitrogen and oxygen atoms in total. The van der Waals surface area contributed by atoms with E-state index in [2.05, 4.69) is 0 Å². The van der Waals surface area contributed by atoms with Crippen molar-refractivity contribution in [3.63, 3.8) is 0 Å². The molecule has 2 aliphatic rings. The number of rotatable bonds is 4. The van der Waals surface area contributed by atoms with Gasteiger partial charge in [0.05, 0.1) is 5.25 Å². The van der Waals surface area contributed by atoms with E-state index in [4.69, 9.17) is 0 Å². The summed E-state index contributed by atoms with van der Waals surface area (Å²) in [5.74, 6) is -0.0301. The Morgan fingerprint density at radius 3 is 1.96 bits per heavy atom. The van der Waals surface area contributed by atoms with Gasteiger partial charge in [-0.15, -0.1) is 0 Å². The first kappa shape index (κ1) is 19.2. The molecule has 1 aliphatic carbocycles. The molecule has 2 aromatic rings. The summed E-state index contributed by atoms with van der Waals surface area (Å²) >= 11 is 0. The highest BCUT2D eigenvalue weighted by molar-refractivity contribution is 7.89. The molecule has 1 aliphatic heterocycles. The Hall–Kier alpha value is -2.18. The molecule has 1 heterocycles. The van der Waals surface area contributed by atoms with Gasteiger partial charge in [-0.05, 0) is 36.1 Å². The molecule has 4 rings (SSSR count). The summed E-state index contributed by atoms with van der Waals surface area (Å²) in [6, 6.07) is 17.7. The van der Waals surface area contributed by atoms with Gasteiger partial charge in [0.2, 0.25) is 10.0 Å². The van der Waals surface area contributed by atoms with Crippen molar-refractivity contribution in [3.8, 4) is 11.1 Å². The maximum Gasteiger partial charge on any atom is 0.253 e.